The molecule has 0 saturated carbocycles. The van der Waals surface area contributed by atoms with Crippen LogP contribution in [0.15, 0.2) is 36.8 Å². The van der Waals surface area contributed by atoms with Gasteiger partial charge >= 0.3 is 6.18 Å². The number of aromatic nitrogens is 3. The number of aryl methyl sites for hydroxylation is 1. The fourth-order valence-electron chi connectivity index (χ4n) is 2.75. The predicted molar refractivity (Wildman–Crippen MR) is 88.2 cm³/mol. The van der Waals surface area contributed by atoms with Crippen molar-refractivity contribution in [2.24, 2.45) is 0 Å². The molecule has 3 N–H and O–H groups in total. The van der Waals surface area contributed by atoms with Crippen molar-refractivity contribution < 1.29 is 18.3 Å². The van der Waals surface area contributed by atoms with Crippen LogP contribution in [-0.2, 0) is 12.6 Å². The third kappa shape index (κ3) is 3.43. The molecule has 132 valence electrons. The highest BCUT2D eigenvalue weighted by Crippen LogP contribution is 2.32. The average Bonchev–Trinajstić information content (AvgIpc) is 3.03. The van der Waals surface area contributed by atoms with Gasteiger partial charge in [0.15, 0.2) is 0 Å². The van der Waals surface area contributed by atoms with E-state index < -0.39 is 17.8 Å². The first-order valence-electron chi connectivity index (χ1n) is 7.79. The summed E-state index contributed by atoms with van der Waals surface area (Å²) in [5, 5.41) is 13.5. The fourth-order valence-corrected chi connectivity index (χ4v) is 2.75. The normalized spacial score (nSPS) is 13.2. The maximum Gasteiger partial charge on any atom is 0.416 e. The van der Waals surface area contributed by atoms with E-state index in [0.29, 0.717) is 17.0 Å². The Labute approximate surface area is 141 Å². The van der Waals surface area contributed by atoms with E-state index in [1.54, 1.807) is 6.07 Å². The first kappa shape index (κ1) is 17.2. The molecule has 0 bridgehead atoms. The zero-order valence-corrected chi connectivity index (χ0v) is 13.4. The summed E-state index contributed by atoms with van der Waals surface area (Å²) >= 11 is 0. The number of H-pyrrole nitrogens is 1. The molecule has 0 aliphatic rings. The van der Waals surface area contributed by atoms with Crippen LogP contribution < -0.4 is 5.32 Å². The van der Waals surface area contributed by atoms with Gasteiger partial charge in [0.2, 0.25) is 0 Å². The standard InChI is InChI=1S/C17H17F3N4O/c1-2-10-7-21-15-14(10)16(23-9-22-15)24-13(8-25)11-4-3-5-12(6-11)17(18,19)20/h3-7,9,13,25H,2,8H2,1H3,(H2,21,22,23,24). The first-order chi connectivity index (χ1) is 11.9. The molecule has 2 aromatic heterocycles. The Balaban J connectivity index is 1.97. The van der Waals surface area contributed by atoms with Gasteiger partial charge in [-0.1, -0.05) is 19.1 Å². The fraction of sp³-hybridized carbons (Fsp3) is 0.294. The van der Waals surface area contributed by atoms with E-state index in [2.05, 4.69) is 20.3 Å². The van der Waals surface area contributed by atoms with Crippen molar-refractivity contribution in [3.05, 3.63) is 53.5 Å². The highest BCUT2D eigenvalue weighted by Gasteiger charge is 2.31. The molecule has 5 nitrogen and oxygen atoms in total. The zero-order valence-electron chi connectivity index (χ0n) is 13.4. The minimum absolute atomic E-state index is 0.331. The van der Waals surface area contributed by atoms with Gasteiger partial charge in [-0.3, -0.25) is 0 Å². The highest BCUT2D eigenvalue weighted by molar-refractivity contribution is 5.90. The second-order valence-electron chi connectivity index (χ2n) is 5.62. The number of aromatic amines is 1. The lowest BCUT2D eigenvalue weighted by Gasteiger charge is -2.19. The molecular weight excluding hydrogens is 333 g/mol. The number of anilines is 1. The van der Waals surface area contributed by atoms with Crippen molar-refractivity contribution in [2.45, 2.75) is 25.6 Å². The van der Waals surface area contributed by atoms with Crippen LogP contribution in [0.5, 0.6) is 0 Å². The summed E-state index contributed by atoms with van der Waals surface area (Å²) in [5.74, 6) is 0.472. The quantitative estimate of drug-likeness (QED) is 0.656. The number of hydrogen-bond acceptors (Lipinski definition) is 4. The van der Waals surface area contributed by atoms with Gasteiger partial charge in [0.1, 0.15) is 17.8 Å². The maximum absolute atomic E-state index is 12.9. The van der Waals surface area contributed by atoms with Crippen molar-refractivity contribution in [2.75, 3.05) is 11.9 Å². The van der Waals surface area contributed by atoms with Crippen LogP contribution >= 0.6 is 0 Å². The van der Waals surface area contributed by atoms with E-state index in [9.17, 15) is 18.3 Å². The molecule has 0 saturated heterocycles. The smallest absolute Gasteiger partial charge is 0.394 e. The molecule has 8 heteroatoms. The van der Waals surface area contributed by atoms with Crippen LogP contribution in [0.4, 0.5) is 19.0 Å². The van der Waals surface area contributed by atoms with Crippen LogP contribution in [-0.4, -0.2) is 26.7 Å². The number of halogens is 3. The summed E-state index contributed by atoms with van der Waals surface area (Å²) in [5.41, 5.74) is 1.19. The predicted octanol–water partition coefficient (Wildman–Crippen LogP) is 3.68. The van der Waals surface area contributed by atoms with E-state index in [4.69, 9.17) is 0 Å². The lowest BCUT2D eigenvalue weighted by atomic mass is 10.0. The summed E-state index contributed by atoms with van der Waals surface area (Å²) in [4.78, 5) is 11.4. The maximum atomic E-state index is 12.9. The summed E-state index contributed by atoms with van der Waals surface area (Å²) in [6.45, 7) is 1.61. The molecule has 2 heterocycles. The molecule has 25 heavy (non-hydrogen) atoms. The number of aliphatic hydroxyl groups excluding tert-OH is 1. The molecule has 3 rings (SSSR count). The van der Waals surface area contributed by atoms with Crippen molar-refractivity contribution in [3.63, 3.8) is 0 Å². The molecule has 0 spiro atoms. The number of rotatable bonds is 5. The Morgan fingerprint density at radius 2 is 2.08 bits per heavy atom. The van der Waals surface area contributed by atoms with E-state index in [0.717, 1.165) is 29.5 Å². The summed E-state index contributed by atoms with van der Waals surface area (Å²) in [6, 6.07) is 4.18. The molecular formula is C17H17F3N4O. The Morgan fingerprint density at radius 1 is 1.28 bits per heavy atom. The monoisotopic (exact) mass is 350 g/mol. The van der Waals surface area contributed by atoms with Gasteiger partial charge in [-0.15, -0.1) is 0 Å². The Hall–Kier alpha value is -2.61. The summed E-state index contributed by atoms with van der Waals surface area (Å²) in [7, 11) is 0. The lowest BCUT2D eigenvalue weighted by molar-refractivity contribution is -0.137. The van der Waals surface area contributed by atoms with E-state index in [1.807, 2.05) is 13.1 Å². The van der Waals surface area contributed by atoms with E-state index in [-0.39, 0.29) is 6.61 Å². The molecule has 0 radical (unpaired) electrons. The number of nitrogens with one attached hydrogen (secondary N) is 2. The van der Waals surface area contributed by atoms with Crippen molar-refractivity contribution in [1.29, 1.82) is 0 Å². The van der Waals surface area contributed by atoms with Crippen molar-refractivity contribution >= 4 is 16.9 Å². The Kier molecular flexibility index (Phi) is 4.63. The molecule has 1 atom stereocenters. The number of aliphatic hydroxyl groups is 1. The summed E-state index contributed by atoms with van der Waals surface area (Å²) in [6.07, 6.45) is -0.506. The Bertz CT molecular complexity index is 876. The minimum atomic E-state index is -4.44. The Morgan fingerprint density at radius 3 is 2.76 bits per heavy atom. The molecule has 1 aromatic carbocycles. The van der Waals surface area contributed by atoms with Crippen LogP contribution in [0.25, 0.3) is 11.0 Å². The third-order valence-electron chi connectivity index (χ3n) is 4.04. The molecule has 1 unspecified atom stereocenters. The highest BCUT2D eigenvalue weighted by atomic mass is 19.4. The van der Waals surface area contributed by atoms with Gasteiger partial charge in [-0.2, -0.15) is 13.2 Å². The average molecular weight is 350 g/mol. The van der Waals surface area contributed by atoms with Crippen LogP contribution in [0.2, 0.25) is 0 Å². The number of fused-ring (bicyclic) bond motifs is 1. The minimum Gasteiger partial charge on any atom is -0.394 e. The number of benzene rings is 1. The van der Waals surface area contributed by atoms with Gasteiger partial charge in [-0.25, -0.2) is 9.97 Å². The lowest BCUT2D eigenvalue weighted by Crippen LogP contribution is -2.17. The molecule has 0 aliphatic heterocycles. The topological polar surface area (TPSA) is 73.8 Å². The van der Waals surface area contributed by atoms with Gasteiger partial charge in [0, 0.05) is 6.20 Å². The number of nitrogens with zero attached hydrogens (tertiary/aromatic N) is 2. The third-order valence-corrected chi connectivity index (χ3v) is 4.04. The zero-order chi connectivity index (χ0) is 18.0. The second kappa shape index (κ2) is 6.72. The SMILES string of the molecule is CCc1c[nH]c2ncnc(NC(CO)c3cccc(C(F)(F)F)c3)c12. The number of hydrogen-bond donors (Lipinski definition) is 3. The number of alkyl halides is 3. The molecule has 0 fully saturated rings. The van der Waals surface area contributed by atoms with Gasteiger partial charge in [0.25, 0.3) is 0 Å². The molecule has 0 amide bonds. The van der Waals surface area contributed by atoms with Gasteiger partial charge < -0.3 is 15.4 Å². The molecule has 3 aromatic rings. The second-order valence-corrected chi connectivity index (χ2v) is 5.62. The molecule has 0 aliphatic carbocycles. The van der Waals surface area contributed by atoms with Crippen LogP contribution in [0.3, 0.4) is 0 Å². The van der Waals surface area contributed by atoms with Gasteiger partial charge in [-0.05, 0) is 29.7 Å². The van der Waals surface area contributed by atoms with Crippen LogP contribution in [0, 0.1) is 0 Å². The van der Waals surface area contributed by atoms with Crippen molar-refractivity contribution in [3.8, 4) is 0 Å². The van der Waals surface area contributed by atoms with E-state index in [1.165, 1.54) is 12.4 Å². The van der Waals surface area contributed by atoms with E-state index >= 15 is 0 Å². The van der Waals surface area contributed by atoms with Crippen molar-refractivity contribution in [1.82, 2.24) is 15.0 Å². The largest absolute Gasteiger partial charge is 0.416 e. The summed E-state index contributed by atoms with van der Waals surface area (Å²) < 4.78 is 38.8. The van der Waals surface area contributed by atoms with Gasteiger partial charge in [0.05, 0.1) is 23.6 Å². The first-order valence-corrected chi connectivity index (χ1v) is 7.79. The van der Waals surface area contributed by atoms with Crippen LogP contribution in [0.1, 0.15) is 29.7 Å².